The number of nitrogens with two attached hydrogens (primary N) is 1. The van der Waals surface area contributed by atoms with Crippen molar-refractivity contribution in [3.05, 3.63) is 29.6 Å². The first-order chi connectivity index (χ1) is 7.94. The number of anilines is 1. The van der Waals surface area contributed by atoms with E-state index in [0.29, 0.717) is 18.6 Å². The zero-order valence-corrected chi connectivity index (χ0v) is 10.5. The molecule has 6 heteroatoms. The summed E-state index contributed by atoms with van der Waals surface area (Å²) in [4.78, 5) is 0. The summed E-state index contributed by atoms with van der Waals surface area (Å²) in [6, 6.07) is 3.73. The monoisotopic (exact) mass is 261 g/mol. The summed E-state index contributed by atoms with van der Waals surface area (Å²) in [5, 5.41) is 0. The van der Waals surface area contributed by atoms with Crippen LogP contribution in [0.5, 0.6) is 0 Å². The van der Waals surface area contributed by atoms with Gasteiger partial charge in [-0.2, -0.15) is 0 Å². The van der Waals surface area contributed by atoms with Crippen LogP contribution in [0.1, 0.15) is 12.0 Å². The molecule has 2 N–H and O–H groups in total. The number of methoxy groups -OCH3 is 1. The fourth-order valence-corrected chi connectivity index (χ4v) is 2.87. The van der Waals surface area contributed by atoms with Crippen LogP contribution in [-0.4, -0.2) is 27.9 Å². The molecule has 0 saturated heterocycles. The number of benzene rings is 1. The summed E-state index contributed by atoms with van der Waals surface area (Å²) >= 11 is 0. The Kier molecular flexibility index (Phi) is 4.89. The predicted octanol–water partition coefficient (Wildman–Crippen LogP) is 1.36. The van der Waals surface area contributed by atoms with E-state index in [1.54, 1.807) is 0 Å². The van der Waals surface area contributed by atoms with E-state index < -0.39 is 15.7 Å². The molecule has 17 heavy (non-hydrogen) atoms. The Labute approximate surface area is 101 Å². The molecule has 0 bridgehead atoms. The highest BCUT2D eigenvalue weighted by atomic mass is 32.2. The number of rotatable bonds is 6. The van der Waals surface area contributed by atoms with Crippen LogP contribution in [0.3, 0.4) is 0 Å². The second-order valence-corrected chi connectivity index (χ2v) is 5.97. The van der Waals surface area contributed by atoms with E-state index in [9.17, 15) is 12.8 Å². The van der Waals surface area contributed by atoms with Gasteiger partial charge in [-0.05, 0) is 24.1 Å². The van der Waals surface area contributed by atoms with Crippen LogP contribution in [0.4, 0.5) is 10.1 Å². The van der Waals surface area contributed by atoms with Crippen molar-refractivity contribution in [2.75, 3.05) is 25.2 Å². The Morgan fingerprint density at radius 2 is 2.12 bits per heavy atom. The maximum Gasteiger partial charge on any atom is 0.154 e. The van der Waals surface area contributed by atoms with Crippen LogP contribution < -0.4 is 5.73 Å². The Hall–Kier alpha value is -1.14. The number of hydrogen-bond donors (Lipinski definition) is 1. The third-order valence-corrected chi connectivity index (χ3v) is 3.95. The van der Waals surface area contributed by atoms with Gasteiger partial charge in [0, 0.05) is 19.4 Å². The molecule has 0 spiro atoms. The van der Waals surface area contributed by atoms with Gasteiger partial charge in [0.1, 0.15) is 5.82 Å². The van der Waals surface area contributed by atoms with E-state index >= 15 is 0 Å². The molecule has 0 aliphatic heterocycles. The van der Waals surface area contributed by atoms with Crippen LogP contribution in [0.2, 0.25) is 0 Å². The van der Waals surface area contributed by atoms with Gasteiger partial charge in [-0.15, -0.1) is 0 Å². The van der Waals surface area contributed by atoms with Crippen LogP contribution in [0, 0.1) is 5.82 Å². The van der Waals surface area contributed by atoms with Gasteiger partial charge in [0.25, 0.3) is 0 Å². The predicted molar refractivity (Wildman–Crippen MR) is 64.8 cm³/mol. The molecule has 0 heterocycles. The molecule has 0 atom stereocenters. The zero-order valence-electron chi connectivity index (χ0n) is 9.65. The van der Waals surface area contributed by atoms with E-state index in [2.05, 4.69) is 0 Å². The lowest BCUT2D eigenvalue weighted by Crippen LogP contribution is -2.12. The molecule has 0 unspecified atom stereocenters. The van der Waals surface area contributed by atoms with E-state index in [4.69, 9.17) is 10.5 Å². The van der Waals surface area contributed by atoms with Crippen molar-refractivity contribution in [3.8, 4) is 0 Å². The second kappa shape index (κ2) is 5.97. The topological polar surface area (TPSA) is 69.4 Å². The first-order valence-electron chi connectivity index (χ1n) is 5.18. The average molecular weight is 261 g/mol. The lowest BCUT2D eigenvalue weighted by Gasteiger charge is -2.07. The van der Waals surface area contributed by atoms with Gasteiger partial charge in [0.05, 0.1) is 11.5 Å². The molecule has 0 aliphatic rings. The summed E-state index contributed by atoms with van der Waals surface area (Å²) in [5.41, 5.74) is 6.16. The van der Waals surface area contributed by atoms with Gasteiger partial charge in [-0.25, -0.2) is 12.8 Å². The smallest absolute Gasteiger partial charge is 0.154 e. The Bertz CT molecular complexity index is 474. The second-order valence-electron chi connectivity index (χ2n) is 3.78. The van der Waals surface area contributed by atoms with Crippen molar-refractivity contribution in [1.82, 2.24) is 0 Å². The van der Waals surface area contributed by atoms with E-state index in [1.165, 1.54) is 19.2 Å². The minimum Gasteiger partial charge on any atom is -0.398 e. The van der Waals surface area contributed by atoms with E-state index in [-0.39, 0.29) is 17.2 Å². The number of sulfone groups is 1. The fourth-order valence-electron chi connectivity index (χ4n) is 1.43. The summed E-state index contributed by atoms with van der Waals surface area (Å²) in [6.45, 7) is 0.401. The Morgan fingerprint density at radius 3 is 2.71 bits per heavy atom. The summed E-state index contributed by atoms with van der Waals surface area (Å²) in [6.07, 6.45) is 0.444. The van der Waals surface area contributed by atoms with Crippen LogP contribution in [0.15, 0.2) is 18.2 Å². The highest BCUT2D eigenvalue weighted by Gasteiger charge is 2.13. The zero-order chi connectivity index (χ0) is 12.9. The average Bonchev–Trinajstić information content (AvgIpc) is 2.22. The molecule has 0 fully saturated rings. The van der Waals surface area contributed by atoms with Gasteiger partial charge in [0.15, 0.2) is 9.84 Å². The molecule has 0 amide bonds. The van der Waals surface area contributed by atoms with Crippen molar-refractivity contribution < 1.29 is 17.5 Å². The standard InChI is InChI=1S/C11H16FNO3S/c1-16-5-2-6-17(14,15)8-9-3-4-10(12)7-11(9)13/h3-4,7H,2,5-6,8,13H2,1H3. The van der Waals surface area contributed by atoms with Gasteiger partial charge < -0.3 is 10.5 Å². The Morgan fingerprint density at radius 1 is 1.41 bits per heavy atom. The molecule has 1 aromatic rings. The normalized spacial score (nSPS) is 11.6. The molecule has 1 rings (SSSR count). The number of hydrogen-bond acceptors (Lipinski definition) is 4. The van der Waals surface area contributed by atoms with Crippen molar-refractivity contribution >= 4 is 15.5 Å². The summed E-state index contributed by atoms with van der Waals surface area (Å²) in [7, 11) is -1.71. The van der Waals surface area contributed by atoms with Gasteiger partial charge >= 0.3 is 0 Å². The molecule has 0 saturated carbocycles. The number of halogens is 1. The third-order valence-electron chi connectivity index (χ3n) is 2.29. The van der Waals surface area contributed by atoms with Gasteiger partial charge in [-0.3, -0.25) is 0 Å². The SMILES string of the molecule is COCCCS(=O)(=O)Cc1ccc(F)cc1N. The van der Waals surface area contributed by atoms with E-state index in [1.807, 2.05) is 0 Å². The highest BCUT2D eigenvalue weighted by Crippen LogP contribution is 2.17. The third kappa shape index (κ3) is 4.70. The highest BCUT2D eigenvalue weighted by molar-refractivity contribution is 7.90. The quantitative estimate of drug-likeness (QED) is 0.620. The van der Waals surface area contributed by atoms with Crippen molar-refractivity contribution in [2.45, 2.75) is 12.2 Å². The molecule has 0 radical (unpaired) electrons. The maximum absolute atomic E-state index is 12.8. The molecular weight excluding hydrogens is 245 g/mol. The molecule has 1 aromatic carbocycles. The molecule has 96 valence electrons. The molecule has 4 nitrogen and oxygen atoms in total. The fraction of sp³-hybridized carbons (Fsp3) is 0.455. The van der Waals surface area contributed by atoms with Crippen LogP contribution >= 0.6 is 0 Å². The van der Waals surface area contributed by atoms with Crippen LogP contribution in [0.25, 0.3) is 0 Å². The van der Waals surface area contributed by atoms with Gasteiger partial charge in [0.2, 0.25) is 0 Å². The summed E-state index contributed by atoms with van der Waals surface area (Å²) < 4.78 is 41.0. The lowest BCUT2D eigenvalue weighted by atomic mass is 10.2. The number of nitrogen functional groups attached to an aromatic ring is 1. The summed E-state index contributed by atoms with van der Waals surface area (Å²) in [5.74, 6) is -0.594. The van der Waals surface area contributed by atoms with Crippen LogP contribution in [-0.2, 0) is 20.3 Å². The largest absolute Gasteiger partial charge is 0.398 e. The molecule has 0 aromatic heterocycles. The maximum atomic E-state index is 12.8. The minimum absolute atomic E-state index is 0.0393. The van der Waals surface area contributed by atoms with Crippen molar-refractivity contribution in [2.24, 2.45) is 0 Å². The first-order valence-corrected chi connectivity index (χ1v) is 7.00. The minimum atomic E-state index is -3.22. The number of ether oxygens (including phenoxy) is 1. The Balaban J connectivity index is 2.69. The van der Waals surface area contributed by atoms with Gasteiger partial charge in [-0.1, -0.05) is 6.07 Å². The van der Waals surface area contributed by atoms with Crippen molar-refractivity contribution in [3.63, 3.8) is 0 Å². The van der Waals surface area contributed by atoms with Crippen molar-refractivity contribution in [1.29, 1.82) is 0 Å². The van der Waals surface area contributed by atoms with E-state index in [0.717, 1.165) is 6.07 Å². The first kappa shape index (κ1) is 13.9. The lowest BCUT2D eigenvalue weighted by molar-refractivity contribution is 0.199. The molecular formula is C11H16FNO3S. The molecule has 0 aliphatic carbocycles.